The zero-order valence-corrected chi connectivity index (χ0v) is 10.3. The molecule has 6 heteroatoms. The zero-order chi connectivity index (χ0) is 13.0. The van der Waals surface area contributed by atoms with Gasteiger partial charge >= 0.3 is 0 Å². The Hall–Kier alpha value is -1.30. The van der Waals surface area contributed by atoms with Gasteiger partial charge in [-0.05, 0) is 25.7 Å². The van der Waals surface area contributed by atoms with Crippen molar-refractivity contribution in [1.82, 2.24) is 9.97 Å². The number of fused-ring (bicyclic) bond motifs is 1. The van der Waals surface area contributed by atoms with Crippen LogP contribution >= 0.6 is 0 Å². The molecular formula is C12H18F2N4. The normalized spacial score (nSPS) is 15.9. The van der Waals surface area contributed by atoms with Gasteiger partial charge in [0.2, 0.25) is 0 Å². The summed E-state index contributed by atoms with van der Waals surface area (Å²) in [5.41, 5.74) is 6.99. The topological polar surface area (TPSA) is 63.8 Å². The average molecular weight is 256 g/mol. The number of nitrogens with two attached hydrogens (primary N) is 1. The second-order valence-corrected chi connectivity index (χ2v) is 4.62. The van der Waals surface area contributed by atoms with Gasteiger partial charge in [0, 0.05) is 11.3 Å². The van der Waals surface area contributed by atoms with Crippen LogP contribution in [0.2, 0.25) is 0 Å². The highest BCUT2D eigenvalue weighted by Crippen LogP contribution is 2.24. The fourth-order valence-electron chi connectivity index (χ4n) is 2.14. The van der Waals surface area contributed by atoms with E-state index >= 15 is 0 Å². The van der Waals surface area contributed by atoms with Crippen LogP contribution in [0.3, 0.4) is 0 Å². The second-order valence-electron chi connectivity index (χ2n) is 4.62. The Labute approximate surface area is 105 Å². The highest BCUT2D eigenvalue weighted by Gasteiger charge is 2.27. The lowest BCUT2D eigenvalue weighted by molar-refractivity contribution is 0.0253. The lowest BCUT2D eigenvalue weighted by Gasteiger charge is -2.17. The molecule has 18 heavy (non-hydrogen) atoms. The summed E-state index contributed by atoms with van der Waals surface area (Å²) in [5, 5.41) is 2.71. The lowest BCUT2D eigenvalue weighted by atomic mass is 10.1. The van der Waals surface area contributed by atoms with Crippen molar-refractivity contribution in [3.8, 4) is 0 Å². The smallest absolute Gasteiger partial charge is 0.276 e. The van der Waals surface area contributed by atoms with Crippen LogP contribution in [-0.2, 0) is 12.8 Å². The van der Waals surface area contributed by atoms with Gasteiger partial charge < -0.3 is 11.1 Å². The summed E-state index contributed by atoms with van der Waals surface area (Å²) < 4.78 is 26.2. The maximum Gasteiger partial charge on any atom is 0.276 e. The molecule has 0 saturated carbocycles. The van der Waals surface area contributed by atoms with E-state index in [-0.39, 0.29) is 0 Å². The molecule has 2 rings (SSSR count). The number of hydrogen-bond acceptors (Lipinski definition) is 4. The first-order chi connectivity index (χ1) is 8.62. The minimum atomic E-state index is -2.90. The number of nitrogens with zero attached hydrogens (tertiary/aromatic N) is 2. The fourth-order valence-corrected chi connectivity index (χ4v) is 2.14. The molecule has 0 aliphatic heterocycles. The molecule has 0 atom stereocenters. The van der Waals surface area contributed by atoms with E-state index in [0.717, 1.165) is 43.4 Å². The summed E-state index contributed by atoms with van der Waals surface area (Å²) in [4.78, 5) is 8.32. The molecule has 0 bridgehead atoms. The summed E-state index contributed by atoms with van der Waals surface area (Å²) in [5.74, 6) is -2.36. The number of rotatable bonds is 4. The number of alkyl halides is 2. The molecule has 3 N–H and O–H groups in total. The van der Waals surface area contributed by atoms with Crippen LogP contribution in [0, 0.1) is 0 Å². The van der Waals surface area contributed by atoms with Gasteiger partial charge in [0.15, 0.2) is 0 Å². The van der Waals surface area contributed by atoms with E-state index in [9.17, 15) is 8.78 Å². The van der Waals surface area contributed by atoms with E-state index in [4.69, 9.17) is 5.73 Å². The van der Waals surface area contributed by atoms with E-state index in [1.807, 2.05) is 0 Å². The minimum Gasteiger partial charge on any atom is -0.364 e. The molecule has 0 spiro atoms. The molecule has 0 unspecified atom stereocenters. The van der Waals surface area contributed by atoms with Gasteiger partial charge in [-0.3, -0.25) is 0 Å². The maximum absolute atomic E-state index is 13.1. The number of aryl methyl sites for hydroxylation is 1. The summed E-state index contributed by atoms with van der Waals surface area (Å²) in [7, 11) is 0. The van der Waals surface area contributed by atoms with E-state index in [0.29, 0.717) is 5.82 Å². The molecule has 1 aliphatic rings. The van der Waals surface area contributed by atoms with Gasteiger partial charge in [0.05, 0.1) is 13.1 Å². The standard InChI is InChI=1S/C12H18F2N4/c13-12(14,6-15)7-16-11-9-4-2-1-3-5-10(9)17-8-18-11/h8H,1-7,15H2,(H,16,17,18). The summed E-state index contributed by atoms with van der Waals surface area (Å²) in [6.07, 6.45) is 6.50. The van der Waals surface area contributed by atoms with Gasteiger partial charge in [-0.15, -0.1) is 0 Å². The molecule has 0 radical (unpaired) electrons. The van der Waals surface area contributed by atoms with Crippen molar-refractivity contribution in [2.24, 2.45) is 5.73 Å². The largest absolute Gasteiger partial charge is 0.364 e. The molecule has 1 aromatic rings. The number of halogens is 2. The fraction of sp³-hybridized carbons (Fsp3) is 0.667. The van der Waals surface area contributed by atoms with Crippen molar-refractivity contribution in [3.63, 3.8) is 0 Å². The van der Waals surface area contributed by atoms with E-state index in [2.05, 4.69) is 15.3 Å². The minimum absolute atomic E-state index is 0.479. The SMILES string of the molecule is NCC(F)(F)CNc1ncnc2c1CCCCC2. The first-order valence-corrected chi connectivity index (χ1v) is 6.27. The monoisotopic (exact) mass is 256 g/mol. The second kappa shape index (κ2) is 5.56. The highest BCUT2D eigenvalue weighted by molar-refractivity contribution is 5.46. The highest BCUT2D eigenvalue weighted by atomic mass is 19.3. The predicted molar refractivity (Wildman–Crippen MR) is 65.8 cm³/mol. The van der Waals surface area contributed by atoms with Gasteiger partial charge in [0.1, 0.15) is 12.1 Å². The summed E-state index contributed by atoms with van der Waals surface area (Å²) >= 11 is 0. The van der Waals surface area contributed by atoms with Crippen molar-refractivity contribution in [2.75, 3.05) is 18.4 Å². The predicted octanol–water partition coefficient (Wildman–Crippen LogP) is 1.75. The Morgan fingerprint density at radius 1 is 1.22 bits per heavy atom. The van der Waals surface area contributed by atoms with Crippen LogP contribution < -0.4 is 11.1 Å². The van der Waals surface area contributed by atoms with Crippen LogP contribution in [0.4, 0.5) is 14.6 Å². The van der Waals surface area contributed by atoms with Crippen molar-refractivity contribution >= 4 is 5.82 Å². The van der Waals surface area contributed by atoms with Crippen molar-refractivity contribution in [3.05, 3.63) is 17.6 Å². The number of nitrogens with one attached hydrogen (secondary N) is 1. The third-order valence-corrected chi connectivity index (χ3v) is 3.19. The van der Waals surface area contributed by atoms with E-state index in [1.54, 1.807) is 0 Å². The molecule has 1 aromatic heterocycles. The van der Waals surface area contributed by atoms with E-state index < -0.39 is 19.0 Å². The van der Waals surface area contributed by atoms with Crippen LogP contribution in [-0.4, -0.2) is 29.0 Å². The zero-order valence-electron chi connectivity index (χ0n) is 10.3. The lowest BCUT2D eigenvalue weighted by Crippen LogP contribution is -2.35. The molecule has 1 heterocycles. The van der Waals surface area contributed by atoms with Gasteiger partial charge in [-0.2, -0.15) is 0 Å². The summed E-state index contributed by atoms with van der Waals surface area (Å²) in [6, 6.07) is 0. The number of aromatic nitrogens is 2. The quantitative estimate of drug-likeness (QED) is 0.806. The first-order valence-electron chi connectivity index (χ1n) is 6.27. The van der Waals surface area contributed by atoms with Crippen molar-refractivity contribution < 1.29 is 8.78 Å². The molecular weight excluding hydrogens is 238 g/mol. The number of hydrogen-bond donors (Lipinski definition) is 2. The van der Waals surface area contributed by atoms with Gasteiger partial charge in [-0.25, -0.2) is 18.7 Å². The van der Waals surface area contributed by atoms with Crippen molar-refractivity contribution in [2.45, 2.75) is 38.0 Å². The average Bonchev–Trinajstić information content (AvgIpc) is 2.62. The first kappa shape index (κ1) is 13.1. The molecule has 4 nitrogen and oxygen atoms in total. The Morgan fingerprint density at radius 2 is 2.00 bits per heavy atom. The Bertz CT molecular complexity index is 409. The maximum atomic E-state index is 13.1. The van der Waals surface area contributed by atoms with Crippen LogP contribution in [0.25, 0.3) is 0 Å². The van der Waals surface area contributed by atoms with Crippen molar-refractivity contribution in [1.29, 1.82) is 0 Å². The third-order valence-electron chi connectivity index (χ3n) is 3.19. The molecule has 1 aliphatic carbocycles. The number of anilines is 1. The van der Waals surface area contributed by atoms with Gasteiger partial charge in [-0.1, -0.05) is 6.42 Å². The third kappa shape index (κ3) is 3.13. The molecule has 0 saturated heterocycles. The van der Waals surface area contributed by atoms with Crippen LogP contribution in [0.5, 0.6) is 0 Å². The molecule has 100 valence electrons. The summed E-state index contributed by atoms with van der Waals surface area (Å²) in [6.45, 7) is -1.14. The Kier molecular flexibility index (Phi) is 4.06. The van der Waals surface area contributed by atoms with Crippen LogP contribution in [0.15, 0.2) is 6.33 Å². The van der Waals surface area contributed by atoms with E-state index in [1.165, 1.54) is 6.33 Å². The molecule has 0 amide bonds. The molecule has 0 aromatic carbocycles. The Morgan fingerprint density at radius 3 is 2.78 bits per heavy atom. The van der Waals surface area contributed by atoms with Crippen LogP contribution in [0.1, 0.15) is 30.5 Å². The Balaban J connectivity index is 2.13. The van der Waals surface area contributed by atoms with Gasteiger partial charge in [0.25, 0.3) is 5.92 Å². The molecule has 0 fully saturated rings.